The summed E-state index contributed by atoms with van der Waals surface area (Å²) in [5.74, 6) is -0.744. The van der Waals surface area contributed by atoms with Gasteiger partial charge in [0.1, 0.15) is 12.7 Å². The minimum absolute atomic E-state index is 0.00530. The Morgan fingerprint density at radius 3 is 2.23 bits per heavy atom. The Morgan fingerprint density at radius 1 is 1.00 bits per heavy atom. The smallest absolute Gasteiger partial charge is 0.332 e. The van der Waals surface area contributed by atoms with Crippen molar-refractivity contribution in [3.63, 3.8) is 0 Å². The highest BCUT2D eigenvalue weighted by Gasteiger charge is 2.52. The van der Waals surface area contributed by atoms with Crippen molar-refractivity contribution in [2.75, 3.05) is 6.61 Å². The molecule has 0 radical (unpaired) electrons. The molecule has 0 aromatic rings. The molecule has 4 aliphatic carbocycles. The molecule has 4 atom stereocenters. The van der Waals surface area contributed by atoms with Gasteiger partial charge in [-0.2, -0.15) is 0 Å². The summed E-state index contributed by atoms with van der Waals surface area (Å²) in [5.41, 5.74) is 5.58. The molecule has 0 saturated heterocycles. The van der Waals surface area contributed by atoms with Crippen LogP contribution in [0.15, 0.2) is 47.1 Å². The lowest BCUT2D eigenvalue weighted by atomic mass is 9.64. The predicted octanol–water partition coefficient (Wildman–Crippen LogP) is 11.3. The molecule has 5 nitrogen and oxygen atoms in total. The lowest BCUT2D eigenvalue weighted by Gasteiger charge is -2.51. The van der Waals surface area contributed by atoms with Gasteiger partial charge in [0.25, 0.3) is 0 Å². The van der Waals surface area contributed by atoms with Crippen LogP contribution in [0.25, 0.3) is 0 Å². The van der Waals surface area contributed by atoms with Crippen LogP contribution < -0.4 is 0 Å². The summed E-state index contributed by atoms with van der Waals surface area (Å²) >= 11 is 0. The first kappa shape index (κ1) is 38.5. The number of ether oxygens (including phenoxy) is 2. The van der Waals surface area contributed by atoms with E-state index in [9.17, 15) is 4.79 Å². The summed E-state index contributed by atoms with van der Waals surface area (Å²) in [6, 6.07) is 0. The van der Waals surface area contributed by atoms with Crippen LogP contribution in [-0.2, 0) is 23.1 Å². The maximum absolute atomic E-state index is 13.2. The molecule has 0 aliphatic heterocycles. The Bertz CT molecular complexity index is 1260. The molecule has 0 spiro atoms. The molecular formula is C40H68O5Si2. The van der Waals surface area contributed by atoms with Crippen LogP contribution in [-0.4, -0.2) is 47.2 Å². The average Bonchev–Trinajstić information content (AvgIpc) is 3.58. The second-order valence-corrected chi connectivity index (χ2v) is 27.8. The maximum atomic E-state index is 13.2. The van der Waals surface area contributed by atoms with Gasteiger partial charge in [-0.3, -0.25) is 0 Å². The Labute approximate surface area is 290 Å². The first-order valence-corrected chi connectivity index (χ1v) is 24.4. The third-order valence-corrected chi connectivity index (χ3v) is 21.9. The summed E-state index contributed by atoms with van der Waals surface area (Å²) in [7, 11) is -4.53. The van der Waals surface area contributed by atoms with Crippen molar-refractivity contribution in [2.24, 2.45) is 11.3 Å². The Morgan fingerprint density at radius 2 is 1.64 bits per heavy atom. The molecule has 47 heavy (non-hydrogen) atoms. The number of fused-ring (bicyclic) bond motifs is 1. The molecule has 0 amide bonds. The van der Waals surface area contributed by atoms with Crippen molar-refractivity contribution < 1.29 is 23.1 Å². The Kier molecular flexibility index (Phi) is 11.6. The van der Waals surface area contributed by atoms with Gasteiger partial charge in [0.05, 0.1) is 6.10 Å². The minimum atomic E-state index is -2.34. The number of hydrogen-bond donors (Lipinski definition) is 0. The van der Waals surface area contributed by atoms with Crippen molar-refractivity contribution in [1.82, 2.24) is 0 Å². The van der Waals surface area contributed by atoms with Crippen molar-refractivity contribution in [3.05, 3.63) is 47.1 Å². The van der Waals surface area contributed by atoms with Crippen molar-refractivity contribution in [2.45, 2.75) is 180 Å². The summed E-state index contributed by atoms with van der Waals surface area (Å²) in [6.07, 6.45) is 18.0. The molecule has 1 unspecified atom stereocenters. The molecule has 4 rings (SSSR count). The van der Waals surface area contributed by atoms with Gasteiger partial charge in [-0.05, 0) is 117 Å². The largest absolute Gasteiger partial charge is 0.461 e. The van der Waals surface area contributed by atoms with E-state index in [1.54, 1.807) is 11.1 Å². The molecular weight excluding hydrogens is 617 g/mol. The van der Waals surface area contributed by atoms with E-state index in [0.717, 1.165) is 56.1 Å². The molecule has 7 heteroatoms. The van der Waals surface area contributed by atoms with Crippen LogP contribution in [0, 0.1) is 11.3 Å². The lowest BCUT2D eigenvalue weighted by molar-refractivity contribution is -0.216. The highest BCUT2D eigenvalue weighted by atomic mass is 28.4. The van der Waals surface area contributed by atoms with E-state index in [1.807, 2.05) is 0 Å². The monoisotopic (exact) mass is 684 g/mol. The highest BCUT2D eigenvalue weighted by Crippen LogP contribution is 2.56. The van der Waals surface area contributed by atoms with Gasteiger partial charge in [0, 0.05) is 12.8 Å². The van der Waals surface area contributed by atoms with E-state index < -0.39 is 22.4 Å². The molecule has 3 fully saturated rings. The molecule has 0 aromatic carbocycles. The van der Waals surface area contributed by atoms with Crippen molar-refractivity contribution in [3.8, 4) is 0 Å². The van der Waals surface area contributed by atoms with Gasteiger partial charge in [0.2, 0.25) is 0 Å². The van der Waals surface area contributed by atoms with Gasteiger partial charge in [-0.15, -0.1) is 0 Å². The Hall–Kier alpha value is -1.26. The van der Waals surface area contributed by atoms with Crippen LogP contribution >= 0.6 is 0 Å². The minimum Gasteiger partial charge on any atom is -0.461 e. The maximum Gasteiger partial charge on any atom is 0.332 e. The van der Waals surface area contributed by atoms with Crippen LogP contribution in [0.3, 0.4) is 0 Å². The van der Waals surface area contributed by atoms with Crippen LogP contribution in [0.4, 0.5) is 0 Å². The highest BCUT2D eigenvalue weighted by molar-refractivity contribution is 6.74. The number of esters is 1. The van der Waals surface area contributed by atoms with Crippen LogP contribution in [0.2, 0.25) is 36.3 Å². The molecule has 0 heterocycles. The van der Waals surface area contributed by atoms with Crippen molar-refractivity contribution >= 4 is 22.6 Å². The van der Waals surface area contributed by atoms with E-state index in [0.29, 0.717) is 18.8 Å². The zero-order chi connectivity index (χ0) is 35.1. The molecule has 0 N–H and O–H groups in total. The fourth-order valence-corrected chi connectivity index (χ4v) is 10.6. The van der Waals surface area contributed by atoms with Crippen LogP contribution in [0.5, 0.6) is 0 Å². The normalized spacial score (nSPS) is 31.4. The number of carbonyl (C=O) groups excluding carboxylic acids is 1. The average molecular weight is 685 g/mol. The van der Waals surface area contributed by atoms with Gasteiger partial charge in [-0.25, -0.2) is 4.79 Å². The molecule has 3 saturated carbocycles. The predicted molar refractivity (Wildman–Crippen MR) is 200 cm³/mol. The molecule has 0 aromatic heterocycles. The second-order valence-electron chi connectivity index (χ2n) is 18.3. The summed E-state index contributed by atoms with van der Waals surface area (Å²) in [4.78, 5) is 13.2. The zero-order valence-corrected chi connectivity index (χ0v) is 34.2. The first-order chi connectivity index (χ1) is 21.6. The number of hydrogen-bond acceptors (Lipinski definition) is 5. The third-order valence-electron chi connectivity index (χ3n) is 12.9. The van der Waals surface area contributed by atoms with Gasteiger partial charge >= 0.3 is 5.97 Å². The van der Waals surface area contributed by atoms with E-state index in [2.05, 4.69) is 106 Å². The van der Waals surface area contributed by atoms with Gasteiger partial charge < -0.3 is 18.3 Å². The Balaban J connectivity index is 1.73. The SMILES string of the molecule is C=C1C(=CC=C2CCC[C@]3(C)C(CC)=CC[C@@H]23)C[C@](OCC(=O)OC2CCCC2)(O[Si](C)(C)C(C)(C)C)CC1O[Si](C)(C)C(C)(C)C. The number of allylic oxidation sites excluding steroid dienone is 5. The van der Waals surface area contributed by atoms with E-state index in [-0.39, 0.29) is 40.3 Å². The fourth-order valence-electron chi connectivity index (χ4n) is 7.81. The van der Waals surface area contributed by atoms with E-state index >= 15 is 0 Å². The van der Waals surface area contributed by atoms with E-state index in [1.165, 1.54) is 12.8 Å². The fraction of sp³-hybridized carbons (Fsp3) is 0.775. The number of rotatable bonds is 10. The second kappa shape index (κ2) is 14.2. The lowest BCUT2D eigenvalue weighted by Crippen LogP contribution is -2.56. The summed E-state index contributed by atoms with van der Waals surface area (Å²) < 4.78 is 27.1. The topological polar surface area (TPSA) is 54.0 Å². The van der Waals surface area contributed by atoms with Crippen LogP contribution in [0.1, 0.15) is 126 Å². The van der Waals surface area contributed by atoms with E-state index in [4.69, 9.17) is 18.3 Å². The van der Waals surface area contributed by atoms with Crippen molar-refractivity contribution in [1.29, 1.82) is 0 Å². The molecule has 0 bridgehead atoms. The third kappa shape index (κ3) is 8.56. The molecule has 4 aliphatic rings. The number of carbonyl (C=O) groups is 1. The standard InChI is InChI=1S/C40H68O5Si2/c1-14-32-23-24-34-30(18-17-25-39(32,34)9)21-22-31-26-40(45-47(12,13)38(6,7)8,42-28-36(41)43-33-19-15-16-20-33)27-35(29(31)2)44-46(10,11)37(3,4)5/h21-23,33-35H,2,14-20,24-28H2,1,3-13H3/t34-,35?,39+,40-/m0/s1. The first-order valence-electron chi connectivity index (χ1n) is 18.6. The summed E-state index contributed by atoms with van der Waals surface area (Å²) in [6.45, 7) is 32.1. The van der Waals surface area contributed by atoms with Gasteiger partial charge in [-0.1, -0.05) is 91.3 Å². The molecule has 266 valence electrons. The van der Waals surface area contributed by atoms with Gasteiger partial charge in [0.15, 0.2) is 22.4 Å². The zero-order valence-electron chi connectivity index (χ0n) is 32.2. The quantitative estimate of drug-likeness (QED) is 0.0992. The summed E-state index contributed by atoms with van der Waals surface area (Å²) in [5, 5.41) is -0.00664.